The lowest BCUT2D eigenvalue weighted by Gasteiger charge is -2.04. The zero-order valence-corrected chi connectivity index (χ0v) is 7.16. The number of aryl methyl sites for hydroxylation is 1. The van der Waals surface area contributed by atoms with E-state index in [1.54, 1.807) is 6.07 Å². The second kappa shape index (κ2) is 3.13. The number of halogens is 1. The van der Waals surface area contributed by atoms with Gasteiger partial charge in [-0.2, -0.15) is 0 Å². The SMILES string of the molecule is CCc1cc(S)cc(F)c1N. The molecule has 11 heavy (non-hydrogen) atoms. The van der Waals surface area contributed by atoms with Crippen LogP contribution in [0.1, 0.15) is 12.5 Å². The zero-order chi connectivity index (χ0) is 8.43. The van der Waals surface area contributed by atoms with Gasteiger partial charge in [0.1, 0.15) is 5.82 Å². The Balaban J connectivity index is 3.24. The number of hydrogen-bond donors (Lipinski definition) is 2. The van der Waals surface area contributed by atoms with Crippen LogP contribution in [0.15, 0.2) is 17.0 Å². The summed E-state index contributed by atoms with van der Waals surface area (Å²) >= 11 is 4.03. The fraction of sp³-hybridized carbons (Fsp3) is 0.250. The summed E-state index contributed by atoms with van der Waals surface area (Å²) in [4.78, 5) is 0.619. The fourth-order valence-corrected chi connectivity index (χ4v) is 1.22. The first-order valence-corrected chi connectivity index (χ1v) is 3.86. The normalized spacial score (nSPS) is 10.1. The van der Waals surface area contributed by atoms with Crippen LogP contribution in [0.4, 0.5) is 10.1 Å². The lowest BCUT2D eigenvalue weighted by atomic mass is 10.1. The Bertz CT molecular complexity index is 273. The van der Waals surface area contributed by atoms with Gasteiger partial charge >= 0.3 is 0 Å². The molecule has 0 aliphatic heterocycles. The number of nitrogens with two attached hydrogens (primary N) is 1. The van der Waals surface area contributed by atoms with Gasteiger partial charge in [0.15, 0.2) is 0 Å². The highest BCUT2D eigenvalue weighted by Gasteiger charge is 2.03. The summed E-state index contributed by atoms with van der Waals surface area (Å²) < 4.78 is 12.9. The van der Waals surface area contributed by atoms with E-state index in [4.69, 9.17) is 5.73 Å². The average Bonchev–Trinajstić information content (AvgIpc) is 1.96. The first-order valence-electron chi connectivity index (χ1n) is 3.42. The summed E-state index contributed by atoms with van der Waals surface area (Å²) in [5, 5.41) is 0. The number of rotatable bonds is 1. The van der Waals surface area contributed by atoms with E-state index >= 15 is 0 Å². The number of benzene rings is 1. The van der Waals surface area contributed by atoms with Crippen LogP contribution in [0.3, 0.4) is 0 Å². The predicted octanol–water partition coefficient (Wildman–Crippen LogP) is 2.26. The minimum atomic E-state index is -0.380. The van der Waals surface area contributed by atoms with E-state index in [9.17, 15) is 4.39 Å². The highest BCUT2D eigenvalue weighted by atomic mass is 32.1. The number of nitrogen functional groups attached to an aromatic ring is 1. The largest absolute Gasteiger partial charge is 0.396 e. The van der Waals surface area contributed by atoms with Gasteiger partial charge in [0.05, 0.1) is 5.69 Å². The van der Waals surface area contributed by atoms with Crippen LogP contribution in [-0.4, -0.2) is 0 Å². The number of anilines is 1. The second-order valence-corrected chi connectivity index (χ2v) is 2.87. The summed E-state index contributed by atoms with van der Waals surface area (Å²) in [6, 6.07) is 3.10. The Morgan fingerprint density at radius 2 is 2.18 bits per heavy atom. The van der Waals surface area contributed by atoms with Crippen LogP contribution < -0.4 is 5.73 Å². The zero-order valence-electron chi connectivity index (χ0n) is 6.26. The van der Waals surface area contributed by atoms with Gasteiger partial charge in [-0.15, -0.1) is 12.6 Å². The van der Waals surface area contributed by atoms with Crippen molar-refractivity contribution in [1.29, 1.82) is 0 Å². The van der Waals surface area contributed by atoms with Crippen molar-refractivity contribution >= 4 is 18.3 Å². The monoisotopic (exact) mass is 171 g/mol. The molecule has 1 aromatic carbocycles. The van der Waals surface area contributed by atoms with Gasteiger partial charge < -0.3 is 5.73 Å². The van der Waals surface area contributed by atoms with Crippen LogP contribution >= 0.6 is 12.6 Å². The molecule has 0 spiro atoms. The van der Waals surface area contributed by atoms with E-state index in [1.807, 2.05) is 6.92 Å². The molecule has 2 N–H and O–H groups in total. The molecule has 0 aliphatic carbocycles. The van der Waals surface area contributed by atoms with E-state index in [1.165, 1.54) is 6.07 Å². The van der Waals surface area contributed by atoms with Crippen molar-refractivity contribution in [3.63, 3.8) is 0 Å². The highest BCUT2D eigenvalue weighted by molar-refractivity contribution is 7.80. The van der Waals surface area contributed by atoms with Gasteiger partial charge in [-0.1, -0.05) is 6.92 Å². The van der Waals surface area contributed by atoms with Crippen LogP contribution in [0.25, 0.3) is 0 Å². The molecule has 0 atom stereocenters. The maximum absolute atomic E-state index is 12.9. The van der Waals surface area contributed by atoms with Gasteiger partial charge in [-0.05, 0) is 24.1 Å². The van der Waals surface area contributed by atoms with Crippen molar-refractivity contribution in [3.8, 4) is 0 Å². The molecule has 1 nitrogen and oxygen atoms in total. The highest BCUT2D eigenvalue weighted by Crippen LogP contribution is 2.20. The molecule has 0 fully saturated rings. The summed E-state index contributed by atoms with van der Waals surface area (Å²) in [6.45, 7) is 1.93. The minimum absolute atomic E-state index is 0.241. The van der Waals surface area contributed by atoms with Crippen LogP contribution in [-0.2, 0) is 6.42 Å². The van der Waals surface area contributed by atoms with Crippen molar-refractivity contribution in [2.45, 2.75) is 18.2 Å². The summed E-state index contributed by atoms with van der Waals surface area (Å²) in [5.41, 5.74) is 6.51. The first kappa shape index (κ1) is 8.40. The Morgan fingerprint density at radius 3 is 2.73 bits per heavy atom. The fourth-order valence-electron chi connectivity index (χ4n) is 0.951. The van der Waals surface area contributed by atoms with Crippen molar-refractivity contribution in [2.75, 3.05) is 5.73 Å². The van der Waals surface area contributed by atoms with Crippen molar-refractivity contribution in [3.05, 3.63) is 23.5 Å². The van der Waals surface area contributed by atoms with Crippen molar-refractivity contribution < 1.29 is 4.39 Å². The topological polar surface area (TPSA) is 26.0 Å². The van der Waals surface area contributed by atoms with Crippen LogP contribution in [0.5, 0.6) is 0 Å². The Morgan fingerprint density at radius 1 is 1.55 bits per heavy atom. The molecular formula is C8H10FNS. The van der Waals surface area contributed by atoms with Gasteiger partial charge in [-0.3, -0.25) is 0 Å². The molecule has 1 rings (SSSR count). The second-order valence-electron chi connectivity index (χ2n) is 2.35. The molecule has 0 saturated heterocycles. The third-order valence-corrected chi connectivity index (χ3v) is 1.84. The molecule has 0 aromatic heterocycles. The van der Waals surface area contributed by atoms with Gasteiger partial charge in [-0.25, -0.2) is 4.39 Å². The third kappa shape index (κ3) is 1.66. The summed E-state index contributed by atoms with van der Waals surface area (Å²) in [5.74, 6) is -0.380. The molecule has 0 radical (unpaired) electrons. The molecule has 0 heterocycles. The molecule has 0 unspecified atom stereocenters. The first-order chi connectivity index (χ1) is 5.15. The minimum Gasteiger partial charge on any atom is -0.396 e. The van der Waals surface area contributed by atoms with Crippen LogP contribution in [0, 0.1) is 5.82 Å². The lowest BCUT2D eigenvalue weighted by Crippen LogP contribution is -1.96. The average molecular weight is 171 g/mol. The molecule has 1 aromatic rings. The smallest absolute Gasteiger partial charge is 0.147 e. The molecular weight excluding hydrogens is 161 g/mol. The number of hydrogen-bond acceptors (Lipinski definition) is 2. The Hall–Kier alpha value is -0.700. The van der Waals surface area contributed by atoms with Gasteiger partial charge in [0.25, 0.3) is 0 Å². The standard InChI is InChI=1S/C8H10FNS/c1-2-5-3-6(11)4-7(9)8(5)10/h3-4,11H,2,10H2,1H3. The quantitative estimate of drug-likeness (QED) is 0.492. The van der Waals surface area contributed by atoms with Crippen molar-refractivity contribution in [1.82, 2.24) is 0 Å². The van der Waals surface area contributed by atoms with Gasteiger partial charge in [0, 0.05) is 4.90 Å². The molecule has 0 saturated carbocycles. The maximum Gasteiger partial charge on any atom is 0.147 e. The Labute approximate surface area is 70.8 Å². The molecule has 60 valence electrons. The third-order valence-electron chi connectivity index (χ3n) is 1.58. The lowest BCUT2D eigenvalue weighted by molar-refractivity contribution is 0.627. The summed E-state index contributed by atoms with van der Waals surface area (Å²) in [7, 11) is 0. The predicted molar refractivity (Wildman–Crippen MR) is 47.4 cm³/mol. The van der Waals surface area contributed by atoms with Crippen molar-refractivity contribution in [2.24, 2.45) is 0 Å². The number of thiol groups is 1. The Kier molecular flexibility index (Phi) is 2.39. The van der Waals surface area contributed by atoms with Crippen LogP contribution in [0.2, 0.25) is 0 Å². The van der Waals surface area contributed by atoms with E-state index in [-0.39, 0.29) is 11.5 Å². The molecule has 0 aliphatic rings. The molecule has 0 amide bonds. The van der Waals surface area contributed by atoms with E-state index in [0.29, 0.717) is 4.90 Å². The molecule has 0 bridgehead atoms. The van der Waals surface area contributed by atoms with E-state index < -0.39 is 0 Å². The maximum atomic E-state index is 12.9. The van der Waals surface area contributed by atoms with E-state index in [2.05, 4.69) is 12.6 Å². The molecule has 3 heteroatoms. The van der Waals surface area contributed by atoms with E-state index in [0.717, 1.165) is 12.0 Å². The summed E-state index contributed by atoms with van der Waals surface area (Å²) in [6.07, 6.45) is 0.733. The van der Waals surface area contributed by atoms with Gasteiger partial charge in [0.2, 0.25) is 0 Å².